The van der Waals surface area contributed by atoms with Crippen LogP contribution in [0.5, 0.6) is 17.2 Å². The number of benzene rings is 1. The normalized spacial score (nSPS) is 22.6. The van der Waals surface area contributed by atoms with Crippen molar-refractivity contribution in [2.24, 2.45) is 5.41 Å². The number of likely N-dealkylation sites (tertiary alicyclic amines) is 2. The average Bonchev–Trinajstić information content (AvgIpc) is 2.65. The zero-order valence-corrected chi connectivity index (χ0v) is 16.7. The van der Waals surface area contributed by atoms with E-state index in [9.17, 15) is 9.90 Å². The van der Waals surface area contributed by atoms with E-state index in [1.54, 1.807) is 33.5 Å². The number of β-amino-alcohol motifs (C(OH)–C–C–N with tert-alkyl or cyclic N) is 1. The molecule has 150 valence electrons. The summed E-state index contributed by atoms with van der Waals surface area (Å²) in [6.45, 7) is 3.10. The zero-order valence-electron chi connectivity index (χ0n) is 16.7. The Morgan fingerprint density at radius 3 is 2.19 bits per heavy atom. The van der Waals surface area contributed by atoms with Crippen LogP contribution in [0.3, 0.4) is 0 Å². The molecule has 2 aliphatic heterocycles. The lowest BCUT2D eigenvalue weighted by Gasteiger charge is -2.48. The van der Waals surface area contributed by atoms with E-state index in [1.165, 1.54) is 0 Å². The van der Waals surface area contributed by atoms with E-state index >= 15 is 0 Å². The fourth-order valence-corrected chi connectivity index (χ4v) is 4.56. The molecule has 2 heterocycles. The Morgan fingerprint density at radius 1 is 1.11 bits per heavy atom. The zero-order chi connectivity index (χ0) is 19.6. The number of likely N-dealkylation sites (N-methyl/N-ethyl adjacent to an activating group) is 1. The topological polar surface area (TPSA) is 71.5 Å². The fraction of sp³-hybridized carbons (Fsp3) is 0.650. The molecule has 0 radical (unpaired) electrons. The minimum absolute atomic E-state index is 0.0335. The van der Waals surface area contributed by atoms with E-state index in [2.05, 4.69) is 11.9 Å². The van der Waals surface area contributed by atoms with Crippen molar-refractivity contribution in [2.75, 3.05) is 54.6 Å². The van der Waals surface area contributed by atoms with E-state index in [1.807, 2.05) is 4.90 Å². The molecule has 2 aliphatic rings. The van der Waals surface area contributed by atoms with Gasteiger partial charge in [-0.3, -0.25) is 4.79 Å². The number of hydrogen-bond acceptors (Lipinski definition) is 6. The number of ether oxygens (including phenoxy) is 3. The monoisotopic (exact) mass is 378 g/mol. The molecule has 2 fully saturated rings. The molecule has 7 heteroatoms. The summed E-state index contributed by atoms with van der Waals surface area (Å²) in [7, 11) is 6.68. The number of rotatable bonds is 4. The first-order valence-corrected chi connectivity index (χ1v) is 9.37. The third-order valence-electron chi connectivity index (χ3n) is 5.82. The lowest BCUT2D eigenvalue weighted by molar-refractivity contribution is -0.0286. The van der Waals surface area contributed by atoms with Crippen LogP contribution in [0, 0.1) is 5.41 Å². The van der Waals surface area contributed by atoms with E-state index in [0.29, 0.717) is 35.9 Å². The fourth-order valence-electron chi connectivity index (χ4n) is 4.56. The highest BCUT2D eigenvalue weighted by Crippen LogP contribution is 2.41. The van der Waals surface area contributed by atoms with Gasteiger partial charge in [0.2, 0.25) is 5.75 Å². The lowest BCUT2D eigenvalue weighted by atomic mass is 9.71. The van der Waals surface area contributed by atoms with Gasteiger partial charge in [-0.2, -0.15) is 0 Å². The van der Waals surface area contributed by atoms with Gasteiger partial charge in [-0.15, -0.1) is 0 Å². The Bertz CT molecular complexity index is 648. The van der Waals surface area contributed by atoms with E-state index in [0.717, 1.165) is 32.4 Å². The molecular weight excluding hydrogens is 348 g/mol. The van der Waals surface area contributed by atoms with Gasteiger partial charge in [0.1, 0.15) is 0 Å². The lowest BCUT2D eigenvalue weighted by Crippen LogP contribution is -2.53. The van der Waals surface area contributed by atoms with Crippen molar-refractivity contribution in [3.8, 4) is 17.2 Å². The van der Waals surface area contributed by atoms with Crippen LogP contribution in [0.1, 0.15) is 29.6 Å². The molecule has 27 heavy (non-hydrogen) atoms. The molecule has 2 saturated heterocycles. The number of hydrogen-bond donors (Lipinski definition) is 1. The SMILES string of the molecule is COc1cc(C(=O)N2CCC3(CC2)CC(O)CN(C)C3)cc(OC)c1OC. The van der Waals surface area contributed by atoms with Crippen molar-refractivity contribution in [3.63, 3.8) is 0 Å². The van der Waals surface area contributed by atoms with Crippen LogP contribution in [-0.4, -0.2) is 81.5 Å². The van der Waals surface area contributed by atoms with Crippen LogP contribution in [0.2, 0.25) is 0 Å². The first-order valence-electron chi connectivity index (χ1n) is 9.37. The van der Waals surface area contributed by atoms with Crippen molar-refractivity contribution in [1.82, 2.24) is 9.80 Å². The molecule has 1 aromatic rings. The molecule has 0 bridgehead atoms. The second-order valence-electron chi connectivity index (χ2n) is 7.76. The first-order chi connectivity index (χ1) is 12.9. The van der Waals surface area contributed by atoms with Gasteiger partial charge in [-0.1, -0.05) is 0 Å². The molecule has 3 rings (SSSR count). The Labute approximate surface area is 160 Å². The van der Waals surface area contributed by atoms with Gasteiger partial charge in [-0.05, 0) is 43.9 Å². The molecule has 1 unspecified atom stereocenters. The maximum atomic E-state index is 13.0. The summed E-state index contributed by atoms with van der Waals surface area (Å²) in [5.41, 5.74) is 0.639. The number of amides is 1. The van der Waals surface area contributed by atoms with Gasteiger partial charge >= 0.3 is 0 Å². The first kappa shape index (κ1) is 19.8. The highest BCUT2D eigenvalue weighted by Gasteiger charge is 2.41. The van der Waals surface area contributed by atoms with Crippen LogP contribution in [0.25, 0.3) is 0 Å². The molecule has 0 aliphatic carbocycles. The Balaban J connectivity index is 1.74. The van der Waals surface area contributed by atoms with Crippen LogP contribution in [-0.2, 0) is 0 Å². The molecule has 0 saturated carbocycles. The number of carbonyl (C=O) groups excluding carboxylic acids is 1. The molecule has 1 atom stereocenters. The summed E-state index contributed by atoms with van der Waals surface area (Å²) in [4.78, 5) is 17.1. The second-order valence-corrected chi connectivity index (χ2v) is 7.76. The van der Waals surface area contributed by atoms with Crippen LogP contribution >= 0.6 is 0 Å². The van der Waals surface area contributed by atoms with Gasteiger partial charge in [-0.25, -0.2) is 0 Å². The molecule has 0 aromatic heterocycles. The Hall–Kier alpha value is -1.99. The third kappa shape index (κ3) is 3.99. The summed E-state index contributed by atoms with van der Waals surface area (Å²) < 4.78 is 16.1. The minimum Gasteiger partial charge on any atom is -0.493 e. The number of nitrogens with zero attached hydrogens (tertiary/aromatic N) is 2. The summed E-state index contributed by atoms with van der Waals surface area (Å²) >= 11 is 0. The predicted octanol–water partition coefficient (Wildman–Crippen LogP) is 1.63. The quantitative estimate of drug-likeness (QED) is 0.859. The largest absolute Gasteiger partial charge is 0.493 e. The van der Waals surface area contributed by atoms with Crippen molar-refractivity contribution >= 4 is 5.91 Å². The number of aliphatic hydroxyl groups is 1. The van der Waals surface area contributed by atoms with Gasteiger partial charge in [0.05, 0.1) is 27.4 Å². The van der Waals surface area contributed by atoms with Gasteiger partial charge in [0, 0.05) is 31.7 Å². The van der Waals surface area contributed by atoms with Crippen LogP contribution in [0.4, 0.5) is 0 Å². The van der Waals surface area contributed by atoms with Crippen molar-refractivity contribution in [3.05, 3.63) is 17.7 Å². The summed E-state index contributed by atoms with van der Waals surface area (Å²) in [5.74, 6) is 1.40. The maximum absolute atomic E-state index is 13.0. The summed E-state index contributed by atoms with van der Waals surface area (Å²) in [6, 6.07) is 3.40. The third-order valence-corrected chi connectivity index (χ3v) is 5.82. The van der Waals surface area contributed by atoms with Crippen LogP contribution in [0.15, 0.2) is 12.1 Å². The molecule has 1 aromatic carbocycles. The molecule has 1 spiro atoms. The Kier molecular flexibility index (Phi) is 5.81. The number of aliphatic hydroxyl groups excluding tert-OH is 1. The van der Waals surface area contributed by atoms with Crippen molar-refractivity contribution < 1.29 is 24.1 Å². The van der Waals surface area contributed by atoms with E-state index < -0.39 is 0 Å². The molecule has 1 amide bonds. The molecule has 1 N–H and O–H groups in total. The highest BCUT2D eigenvalue weighted by atomic mass is 16.5. The summed E-state index contributed by atoms with van der Waals surface area (Å²) in [5, 5.41) is 10.2. The predicted molar refractivity (Wildman–Crippen MR) is 102 cm³/mol. The minimum atomic E-state index is -0.277. The number of piperidine rings is 2. The van der Waals surface area contributed by atoms with Crippen LogP contribution < -0.4 is 14.2 Å². The number of carbonyl (C=O) groups is 1. The second kappa shape index (κ2) is 7.94. The van der Waals surface area contributed by atoms with E-state index in [4.69, 9.17) is 14.2 Å². The van der Waals surface area contributed by atoms with Gasteiger partial charge in [0.25, 0.3) is 5.91 Å². The van der Waals surface area contributed by atoms with Crippen molar-refractivity contribution in [1.29, 1.82) is 0 Å². The van der Waals surface area contributed by atoms with Crippen molar-refractivity contribution in [2.45, 2.75) is 25.4 Å². The molecule has 7 nitrogen and oxygen atoms in total. The van der Waals surface area contributed by atoms with E-state index in [-0.39, 0.29) is 17.4 Å². The van der Waals surface area contributed by atoms with Gasteiger partial charge < -0.3 is 29.1 Å². The van der Waals surface area contributed by atoms with Gasteiger partial charge in [0.15, 0.2) is 11.5 Å². The smallest absolute Gasteiger partial charge is 0.254 e. The highest BCUT2D eigenvalue weighted by molar-refractivity contribution is 5.95. The molecular formula is C20H30N2O5. The average molecular weight is 378 g/mol. The Morgan fingerprint density at radius 2 is 1.70 bits per heavy atom. The standard InChI is InChI=1S/C20H30N2O5/c1-21-12-15(23)11-20(13-21)5-7-22(8-6-20)19(24)14-9-16(25-2)18(27-4)17(10-14)26-3/h9-10,15,23H,5-8,11-13H2,1-4H3. The summed E-state index contributed by atoms with van der Waals surface area (Å²) in [6.07, 6.45) is 2.36. The maximum Gasteiger partial charge on any atom is 0.254 e. The number of methoxy groups -OCH3 is 3.